The maximum absolute atomic E-state index is 12.3. The fourth-order valence-electron chi connectivity index (χ4n) is 2.17. The van der Waals surface area contributed by atoms with Gasteiger partial charge in [-0.05, 0) is 19.1 Å². The Kier molecular flexibility index (Phi) is 2.82. The van der Waals surface area contributed by atoms with E-state index >= 15 is 0 Å². The predicted octanol–water partition coefficient (Wildman–Crippen LogP) is 0.0782. The number of aromatic nitrogens is 3. The Balaban J connectivity index is 1.90. The van der Waals surface area contributed by atoms with E-state index in [0.717, 1.165) is 5.41 Å². The van der Waals surface area contributed by atoms with E-state index in [1.807, 2.05) is 0 Å². The molecule has 0 aromatic carbocycles. The summed E-state index contributed by atoms with van der Waals surface area (Å²) in [5.41, 5.74) is 0.914. The van der Waals surface area contributed by atoms with E-state index in [1.165, 1.54) is 6.08 Å². The number of amides is 1. The van der Waals surface area contributed by atoms with Crippen LogP contribution in [0.4, 0.5) is 0 Å². The van der Waals surface area contributed by atoms with Crippen LogP contribution < -0.4 is 5.32 Å². The minimum atomic E-state index is -3.19. The molecule has 1 aliphatic rings. The third-order valence-corrected chi connectivity index (χ3v) is 4.44. The second kappa shape index (κ2) is 4.41. The van der Waals surface area contributed by atoms with E-state index in [-0.39, 0.29) is 11.7 Å². The lowest BCUT2D eigenvalue weighted by Gasteiger charge is -2.10. The number of nitrogens with zero attached hydrogens (tertiary/aromatic N) is 3. The maximum atomic E-state index is 12.3. The fourth-order valence-corrected chi connectivity index (χ4v) is 3.41. The lowest BCUT2D eigenvalue weighted by Crippen LogP contribution is -2.36. The zero-order chi connectivity index (χ0) is 14.3. The molecule has 0 spiro atoms. The van der Waals surface area contributed by atoms with Gasteiger partial charge in [0.25, 0.3) is 5.91 Å². The van der Waals surface area contributed by atoms with Gasteiger partial charge >= 0.3 is 0 Å². The summed E-state index contributed by atoms with van der Waals surface area (Å²) in [4.78, 5) is 20.5. The van der Waals surface area contributed by atoms with Crippen molar-refractivity contribution in [1.82, 2.24) is 19.7 Å². The van der Waals surface area contributed by atoms with Crippen molar-refractivity contribution in [2.24, 2.45) is 0 Å². The van der Waals surface area contributed by atoms with Crippen molar-refractivity contribution in [3.05, 3.63) is 41.3 Å². The van der Waals surface area contributed by atoms with Crippen LogP contribution in [0.25, 0.3) is 5.78 Å². The monoisotopic (exact) mass is 292 g/mol. The van der Waals surface area contributed by atoms with E-state index in [2.05, 4.69) is 15.3 Å². The van der Waals surface area contributed by atoms with Crippen LogP contribution >= 0.6 is 0 Å². The Bertz CT molecular complexity index is 822. The van der Waals surface area contributed by atoms with Gasteiger partial charge in [0.15, 0.2) is 9.84 Å². The van der Waals surface area contributed by atoms with Crippen LogP contribution in [0.3, 0.4) is 0 Å². The summed E-state index contributed by atoms with van der Waals surface area (Å²) < 4.78 is 24.2. The van der Waals surface area contributed by atoms with Gasteiger partial charge in [0.1, 0.15) is 5.69 Å². The first kappa shape index (κ1) is 12.8. The van der Waals surface area contributed by atoms with E-state index in [4.69, 9.17) is 0 Å². The van der Waals surface area contributed by atoms with Crippen molar-refractivity contribution in [2.45, 2.75) is 13.0 Å². The molecule has 0 unspecified atom stereocenters. The summed E-state index contributed by atoms with van der Waals surface area (Å²) in [6.45, 7) is 1.71. The highest BCUT2D eigenvalue weighted by Gasteiger charge is 2.25. The zero-order valence-corrected chi connectivity index (χ0v) is 11.5. The summed E-state index contributed by atoms with van der Waals surface area (Å²) in [5, 5.41) is 3.80. The lowest BCUT2D eigenvalue weighted by molar-refractivity contribution is 0.0941. The molecule has 8 heteroatoms. The van der Waals surface area contributed by atoms with E-state index in [0.29, 0.717) is 17.2 Å². The molecule has 3 heterocycles. The molecule has 104 valence electrons. The summed E-state index contributed by atoms with van der Waals surface area (Å²) in [6, 6.07) is 1.19. The molecule has 0 bridgehead atoms. The number of nitrogens with one attached hydrogen (secondary N) is 1. The second-order valence-electron chi connectivity index (χ2n) is 4.57. The number of hydrogen-bond acceptors (Lipinski definition) is 5. The molecule has 1 atom stereocenters. The highest BCUT2D eigenvalue weighted by Crippen LogP contribution is 2.12. The molecule has 7 nitrogen and oxygen atoms in total. The van der Waals surface area contributed by atoms with Crippen LogP contribution in [0.5, 0.6) is 0 Å². The van der Waals surface area contributed by atoms with Gasteiger partial charge in [-0.2, -0.15) is 0 Å². The van der Waals surface area contributed by atoms with Gasteiger partial charge < -0.3 is 5.32 Å². The number of rotatable bonds is 2. The van der Waals surface area contributed by atoms with Crippen molar-refractivity contribution in [3.63, 3.8) is 0 Å². The fraction of sp³-hybridized carbons (Fsp3) is 0.250. The van der Waals surface area contributed by atoms with Crippen molar-refractivity contribution < 1.29 is 13.2 Å². The van der Waals surface area contributed by atoms with Gasteiger partial charge in [-0.15, -0.1) is 0 Å². The Morgan fingerprint density at radius 3 is 3.00 bits per heavy atom. The summed E-state index contributed by atoms with van der Waals surface area (Å²) in [7, 11) is -3.19. The van der Waals surface area contributed by atoms with Crippen molar-refractivity contribution in [1.29, 1.82) is 0 Å². The summed E-state index contributed by atoms with van der Waals surface area (Å²) >= 11 is 0. The minimum absolute atomic E-state index is 0.104. The lowest BCUT2D eigenvalue weighted by atomic mass is 10.3. The number of imidazole rings is 1. The predicted molar refractivity (Wildman–Crippen MR) is 71.9 cm³/mol. The first-order chi connectivity index (χ1) is 9.46. The smallest absolute Gasteiger partial charge is 0.270 e. The molecule has 0 aliphatic carbocycles. The normalized spacial score (nSPS) is 20.4. The molecule has 3 rings (SSSR count). The third-order valence-electron chi connectivity index (χ3n) is 3.04. The summed E-state index contributed by atoms with van der Waals surface area (Å²) in [6.07, 6.45) is 4.76. The van der Waals surface area contributed by atoms with Crippen LogP contribution in [-0.2, 0) is 9.84 Å². The van der Waals surface area contributed by atoms with E-state index in [9.17, 15) is 13.2 Å². The summed E-state index contributed by atoms with van der Waals surface area (Å²) in [5.74, 6) is -0.0354. The van der Waals surface area contributed by atoms with Crippen LogP contribution in [0.2, 0.25) is 0 Å². The number of hydrogen-bond donors (Lipinski definition) is 1. The highest BCUT2D eigenvalue weighted by atomic mass is 32.2. The average molecular weight is 292 g/mol. The maximum Gasteiger partial charge on any atom is 0.270 e. The van der Waals surface area contributed by atoms with Crippen molar-refractivity contribution >= 4 is 21.5 Å². The standard InChI is InChI=1S/C12H12N4O3S/c1-8-10(16-5-2-4-13-12(16)14-8)11(17)15-9-3-6-20(18,19)7-9/h2-6,9H,7H2,1H3,(H,15,17)/t9-/m0/s1. The quantitative estimate of drug-likeness (QED) is 0.846. The molecule has 20 heavy (non-hydrogen) atoms. The molecular formula is C12H12N4O3S. The largest absolute Gasteiger partial charge is 0.343 e. The first-order valence-corrected chi connectivity index (χ1v) is 7.69. The third kappa shape index (κ3) is 2.18. The van der Waals surface area contributed by atoms with Gasteiger partial charge in [-0.1, -0.05) is 0 Å². The number of fused-ring (bicyclic) bond motifs is 1. The SMILES string of the molecule is Cc1nc2ncccn2c1C(=O)N[C@H]1C=CS(=O)(=O)C1. The van der Waals surface area contributed by atoms with Crippen LogP contribution in [-0.4, -0.2) is 40.5 Å². The number of sulfone groups is 1. The van der Waals surface area contributed by atoms with Crippen LogP contribution in [0, 0.1) is 6.92 Å². The van der Waals surface area contributed by atoms with Gasteiger partial charge in [-0.25, -0.2) is 18.4 Å². The molecule has 0 saturated carbocycles. The van der Waals surface area contributed by atoms with Gasteiger partial charge in [-0.3, -0.25) is 9.20 Å². The van der Waals surface area contributed by atoms with Gasteiger partial charge in [0.05, 0.1) is 17.5 Å². The first-order valence-electron chi connectivity index (χ1n) is 5.98. The molecule has 0 saturated heterocycles. The average Bonchev–Trinajstić information content (AvgIpc) is 2.88. The molecule has 0 radical (unpaired) electrons. The van der Waals surface area contributed by atoms with Crippen molar-refractivity contribution in [3.8, 4) is 0 Å². The van der Waals surface area contributed by atoms with Gasteiger partial charge in [0, 0.05) is 17.8 Å². The number of aryl methyl sites for hydroxylation is 1. The molecule has 1 aliphatic heterocycles. The molecule has 1 amide bonds. The Hall–Kier alpha value is -2.22. The molecule has 1 N–H and O–H groups in total. The Morgan fingerprint density at radius 2 is 2.30 bits per heavy atom. The second-order valence-corrected chi connectivity index (χ2v) is 6.50. The molecular weight excluding hydrogens is 280 g/mol. The van der Waals surface area contributed by atoms with E-state index < -0.39 is 15.9 Å². The number of carbonyl (C=O) groups excluding carboxylic acids is 1. The highest BCUT2D eigenvalue weighted by molar-refractivity contribution is 7.94. The van der Waals surface area contributed by atoms with Gasteiger partial charge in [0.2, 0.25) is 5.78 Å². The Morgan fingerprint density at radius 1 is 1.50 bits per heavy atom. The zero-order valence-electron chi connectivity index (χ0n) is 10.6. The van der Waals surface area contributed by atoms with Crippen molar-refractivity contribution in [2.75, 3.05) is 5.75 Å². The number of carbonyl (C=O) groups is 1. The topological polar surface area (TPSA) is 93.4 Å². The molecule has 2 aromatic rings. The van der Waals surface area contributed by atoms with Crippen LogP contribution in [0.15, 0.2) is 29.9 Å². The van der Waals surface area contributed by atoms with E-state index in [1.54, 1.807) is 29.8 Å². The molecule has 0 fully saturated rings. The van der Waals surface area contributed by atoms with Crippen LogP contribution in [0.1, 0.15) is 16.2 Å². The minimum Gasteiger partial charge on any atom is -0.343 e. The molecule has 2 aromatic heterocycles. The Labute approximate surface area is 115 Å².